The van der Waals surface area contributed by atoms with Crippen LogP contribution in [0.15, 0.2) is 0 Å². The smallest absolute Gasteiger partial charge is 0.410 e. The van der Waals surface area contributed by atoms with Gasteiger partial charge in [-0.25, -0.2) is 9.59 Å². The van der Waals surface area contributed by atoms with Crippen LogP contribution >= 0.6 is 0 Å². The SMILES string of the molecule is CC1OC(=O)N2CCN(C(=O)OC(C)(C)C)C[C@@H]12. The third-order valence-corrected chi connectivity index (χ3v) is 3.13. The average Bonchev–Trinajstić information content (AvgIpc) is 2.52. The number of ether oxygens (including phenoxy) is 2. The van der Waals surface area contributed by atoms with Crippen LogP contribution in [0, 0.1) is 0 Å². The fourth-order valence-corrected chi connectivity index (χ4v) is 2.24. The third-order valence-electron chi connectivity index (χ3n) is 3.13. The molecule has 102 valence electrons. The maximum atomic E-state index is 11.9. The molecule has 6 heteroatoms. The van der Waals surface area contributed by atoms with Crippen LogP contribution in [0.5, 0.6) is 0 Å². The zero-order chi connectivity index (χ0) is 13.5. The van der Waals surface area contributed by atoms with Gasteiger partial charge in [0.15, 0.2) is 0 Å². The molecule has 0 saturated carbocycles. The van der Waals surface area contributed by atoms with E-state index in [-0.39, 0.29) is 24.3 Å². The highest BCUT2D eigenvalue weighted by molar-refractivity contribution is 5.73. The molecular weight excluding hydrogens is 236 g/mol. The lowest BCUT2D eigenvalue weighted by atomic mass is 10.1. The van der Waals surface area contributed by atoms with E-state index in [0.29, 0.717) is 19.6 Å². The van der Waals surface area contributed by atoms with E-state index >= 15 is 0 Å². The van der Waals surface area contributed by atoms with E-state index < -0.39 is 5.60 Å². The van der Waals surface area contributed by atoms with Gasteiger partial charge in [-0.05, 0) is 27.7 Å². The van der Waals surface area contributed by atoms with Gasteiger partial charge in [0.1, 0.15) is 11.7 Å². The van der Waals surface area contributed by atoms with Gasteiger partial charge < -0.3 is 14.4 Å². The highest BCUT2D eigenvalue weighted by Crippen LogP contribution is 2.24. The van der Waals surface area contributed by atoms with Crippen LogP contribution in [0.4, 0.5) is 9.59 Å². The van der Waals surface area contributed by atoms with E-state index in [2.05, 4.69) is 0 Å². The molecule has 2 saturated heterocycles. The number of nitrogens with zero attached hydrogens (tertiary/aromatic N) is 2. The molecule has 0 bridgehead atoms. The first-order chi connectivity index (χ1) is 8.28. The number of fused-ring (bicyclic) bond motifs is 1. The lowest BCUT2D eigenvalue weighted by molar-refractivity contribution is 0.0106. The number of piperazine rings is 1. The average molecular weight is 256 g/mol. The van der Waals surface area contributed by atoms with Crippen molar-refractivity contribution >= 4 is 12.2 Å². The minimum atomic E-state index is -0.498. The molecule has 2 aliphatic rings. The summed E-state index contributed by atoms with van der Waals surface area (Å²) in [5.41, 5.74) is -0.498. The summed E-state index contributed by atoms with van der Waals surface area (Å²) in [6.45, 7) is 8.84. The van der Waals surface area contributed by atoms with Crippen LogP contribution in [0.3, 0.4) is 0 Å². The van der Waals surface area contributed by atoms with Crippen LogP contribution in [-0.2, 0) is 9.47 Å². The number of hydrogen-bond donors (Lipinski definition) is 0. The molecule has 2 atom stereocenters. The summed E-state index contributed by atoms with van der Waals surface area (Å²) in [5.74, 6) is 0. The molecular formula is C12H20N2O4. The largest absolute Gasteiger partial charge is 0.444 e. The van der Waals surface area contributed by atoms with E-state index in [1.165, 1.54) is 0 Å². The molecule has 18 heavy (non-hydrogen) atoms. The van der Waals surface area contributed by atoms with Crippen LogP contribution in [0.2, 0.25) is 0 Å². The number of carbonyl (C=O) groups excluding carboxylic acids is 2. The quantitative estimate of drug-likeness (QED) is 0.658. The van der Waals surface area contributed by atoms with Gasteiger partial charge in [-0.1, -0.05) is 0 Å². The minimum Gasteiger partial charge on any atom is -0.444 e. The van der Waals surface area contributed by atoms with Crippen molar-refractivity contribution in [1.82, 2.24) is 9.80 Å². The Hall–Kier alpha value is -1.46. The Kier molecular flexibility index (Phi) is 3.12. The van der Waals surface area contributed by atoms with Crippen molar-refractivity contribution in [2.24, 2.45) is 0 Å². The zero-order valence-electron chi connectivity index (χ0n) is 11.3. The fourth-order valence-electron chi connectivity index (χ4n) is 2.24. The van der Waals surface area contributed by atoms with Crippen molar-refractivity contribution in [2.75, 3.05) is 19.6 Å². The normalized spacial score (nSPS) is 27.9. The summed E-state index contributed by atoms with van der Waals surface area (Å²) < 4.78 is 10.5. The monoisotopic (exact) mass is 256 g/mol. The van der Waals surface area contributed by atoms with E-state index in [1.54, 1.807) is 9.80 Å². The predicted octanol–water partition coefficient (Wildman–Crippen LogP) is 1.45. The molecule has 1 unspecified atom stereocenters. The molecule has 2 heterocycles. The molecule has 0 spiro atoms. The molecule has 0 aromatic carbocycles. The van der Waals surface area contributed by atoms with Gasteiger partial charge in [-0.2, -0.15) is 0 Å². The van der Waals surface area contributed by atoms with Crippen molar-refractivity contribution < 1.29 is 19.1 Å². The number of cyclic esters (lactones) is 1. The Labute approximate surface area is 107 Å². The summed E-state index contributed by atoms with van der Waals surface area (Å²) in [6.07, 6.45) is -0.784. The summed E-state index contributed by atoms with van der Waals surface area (Å²) in [4.78, 5) is 26.8. The first-order valence-electron chi connectivity index (χ1n) is 6.23. The first-order valence-corrected chi connectivity index (χ1v) is 6.23. The molecule has 0 aromatic heterocycles. The summed E-state index contributed by atoms with van der Waals surface area (Å²) in [5, 5.41) is 0. The molecule has 2 aliphatic heterocycles. The number of hydrogen-bond acceptors (Lipinski definition) is 4. The standard InChI is InChI=1S/C12H20N2O4/c1-8-9-7-13(10(15)18-12(2,3)4)5-6-14(9)11(16)17-8/h8-9H,5-7H2,1-4H3/t8?,9-/m0/s1. The summed E-state index contributed by atoms with van der Waals surface area (Å²) in [6, 6.07) is -0.0567. The van der Waals surface area contributed by atoms with Gasteiger partial charge in [-0.3, -0.25) is 4.90 Å². The summed E-state index contributed by atoms with van der Waals surface area (Å²) in [7, 11) is 0. The first kappa shape index (κ1) is 13.0. The van der Waals surface area contributed by atoms with E-state index in [4.69, 9.17) is 9.47 Å². The zero-order valence-corrected chi connectivity index (χ0v) is 11.3. The fraction of sp³-hybridized carbons (Fsp3) is 0.833. The van der Waals surface area contributed by atoms with Gasteiger partial charge in [0.05, 0.1) is 6.04 Å². The molecule has 0 aromatic rings. The number of amides is 2. The van der Waals surface area contributed by atoms with E-state index in [9.17, 15) is 9.59 Å². The Morgan fingerprint density at radius 1 is 1.39 bits per heavy atom. The van der Waals surface area contributed by atoms with Crippen LogP contribution in [0.1, 0.15) is 27.7 Å². The van der Waals surface area contributed by atoms with Crippen molar-refractivity contribution in [2.45, 2.75) is 45.4 Å². The van der Waals surface area contributed by atoms with Gasteiger partial charge in [-0.15, -0.1) is 0 Å². The Balaban J connectivity index is 1.98. The maximum absolute atomic E-state index is 11.9. The second-order valence-electron chi connectivity index (χ2n) is 5.78. The van der Waals surface area contributed by atoms with Gasteiger partial charge in [0.25, 0.3) is 0 Å². The number of rotatable bonds is 0. The second-order valence-corrected chi connectivity index (χ2v) is 5.78. The highest BCUT2D eigenvalue weighted by Gasteiger charge is 2.44. The molecule has 0 N–H and O–H groups in total. The Morgan fingerprint density at radius 2 is 2.06 bits per heavy atom. The third kappa shape index (κ3) is 2.52. The van der Waals surface area contributed by atoms with Crippen LogP contribution in [0.25, 0.3) is 0 Å². The predicted molar refractivity (Wildman–Crippen MR) is 64.2 cm³/mol. The van der Waals surface area contributed by atoms with Crippen LogP contribution in [-0.4, -0.2) is 59.4 Å². The molecule has 6 nitrogen and oxygen atoms in total. The molecule has 2 fully saturated rings. The van der Waals surface area contributed by atoms with E-state index in [1.807, 2.05) is 27.7 Å². The summed E-state index contributed by atoms with van der Waals surface area (Å²) >= 11 is 0. The van der Waals surface area contributed by atoms with Crippen LogP contribution < -0.4 is 0 Å². The van der Waals surface area contributed by atoms with Gasteiger partial charge >= 0.3 is 12.2 Å². The van der Waals surface area contributed by atoms with Gasteiger partial charge in [0, 0.05) is 19.6 Å². The lowest BCUT2D eigenvalue weighted by Gasteiger charge is -2.37. The van der Waals surface area contributed by atoms with Crippen molar-refractivity contribution in [3.63, 3.8) is 0 Å². The molecule has 0 radical (unpaired) electrons. The minimum absolute atomic E-state index is 0.0567. The van der Waals surface area contributed by atoms with Crippen molar-refractivity contribution in [3.05, 3.63) is 0 Å². The Bertz CT molecular complexity index is 364. The Morgan fingerprint density at radius 3 is 2.67 bits per heavy atom. The maximum Gasteiger partial charge on any atom is 0.410 e. The highest BCUT2D eigenvalue weighted by atomic mass is 16.6. The topological polar surface area (TPSA) is 59.1 Å². The van der Waals surface area contributed by atoms with E-state index in [0.717, 1.165) is 0 Å². The lowest BCUT2D eigenvalue weighted by Crippen LogP contribution is -2.55. The van der Waals surface area contributed by atoms with Crippen molar-refractivity contribution in [3.8, 4) is 0 Å². The van der Waals surface area contributed by atoms with Crippen molar-refractivity contribution in [1.29, 1.82) is 0 Å². The molecule has 0 aliphatic carbocycles. The molecule has 2 amide bonds. The number of carbonyl (C=O) groups is 2. The second kappa shape index (κ2) is 4.33. The molecule has 2 rings (SSSR count). The van der Waals surface area contributed by atoms with Gasteiger partial charge in [0.2, 0.25) is 0 Å².